The van der Waals surface area contributed by atoms with Crippen molar-refractivity contribution >= 4 is 5.71 Å². The van der Waals surface area contributed by atoms with Gasteiger partial charge in [-0.05, 0) is 38.0 Å². The average molecular weight is 193 g/mol. The molecule has 14 heavy (non-hydrogen) atoms. The van der Waals surface area contributed by atoms with Crippen LogP contribution in [0.5, 0.6) is 0 Å². The fourth-order valence-electron chi connectivity index (χ4n) is 2.68. The quantitative estimate of drug-likeness (QED) is 0.554. The molecule has 80 valence electrons. The summed E-state index contributed by atoms with van der Waals surface area (Å²) in [6.07, 6.45) is 11.4. The molecular formula is C13H23N. The summed E-state index contributed by atoms with van der Waals surface area (Å²) in [5.74, 6) is 1.90. The van der Waals surface area contributed by atoms with Gasteiger partial charge in [0.05, 0.1) is 0 Å². The largest absolute Gasteiger partial charge is 0.294 e. The molecule has 2 atom stereocenters. The van der Waals surface area contributed by atoms with Crippen LogP contribution in [0.1, 0.15) is 58.3 Å². The van der Waals surface area contributed by atoms with Gasteiger partial charge in [-0.25, -0.2) is 0 Å². The van der Waals surface area contributed by atoms with Crippen LogP contribution in [0.3, 0.4) is 0 Å². The third kappa shape index (κ3) is 2.83. The Bertz CT molecular complexity index is 207. The van der Waals surface area contributed by atoms with E-state index in [1.807, 2.05) is 0 Å². The Morgan fingerprint density at radius 1 is 1.00 bits per heavy atom. The highest BCUT2D eigenvalue weighted by atomic mass is 14.7. The van der Waals surface area contributed by atoms with Gasteiger partial charge in [0.1, 0.15) is 0 Å². The Morgan fingerprint density at radius 2 is 1.71 bits per heavy atom. The van der Waals surface area contributed by atoms with Crippen LogP contribution in [0.4, 0.5) is 0 Å². The normalized spacial score (nSPS) is 38.5. The molecule has 1 fully saturated rings. The first kappa shape index (κ1) is 10.2. The molecule has 0 N–H and O–H groups in total. The molecule has 1 heteroatoms. The van der Waals surface area contributed by atoms with Gasteiger partial charge in [-0.3, -0.25) is 4.99 Å². The van der Waals surface area contributed by atoms with E-state index in [4.69, 9.17) is 4.99 Å². The van der Waals surface area contributed by atoms with Gasteiger partial charge in [0.15, 0.2) is 0 Å². The molecule has 2 unspecified atom stereocenters. The van der Waals surface area contributed by atoms with Gasteiger partial charge in [-0.2, -0.15) is 0 Å². The van der Waals surface area contributed by atoms with Crippen LogP contribution in [0, 0.1) is 11.8 Å². The minimum Gasteiger partial charge on any atom is -0.294 e. The van der Waals surface area contributed by atoms with Crippen LogP contribution in [0.25, 0.3) is 0 Å². The van der Waals surface area contributed by atoms with Crippen molar-refractivity contribution < 1.29 is 0 Å². The van der Waals surface area contributed by atoms with E-state index < -0.39 is 0 Å². The smallest absolute Gasteiger partial charge is 0.0388 e. The topological polar surface area (TPSA) is 12.4 Å². The molecule has 2 aliphatic rings. The SMILES string of the molecule is C/C1=N/CCCCCCCCC2CC12. The number of fused-ring (bicyclic) bond motifs is 1. The number of aliphatic imine (C=N–C) groups is 1. The van der Waals surface area contributed by atoms with E-state index >= 15 is 0 Å². The van der Waals surface area contributed by atoms with Crippen LogP contribution < -0.4 is 0 Å². The van der Waals surface area contributed by atoms with Crippen molar-refractivity contribution in [3.63, 3.8) is 0 Å². The minimum absolute atomic E-state index is 0.884. The third-order valence-electron chi connectivity index (χ3n) is 3.80. The van der Waals surface area contributed by atoms with Gasteiger partial charge in [0, 0.05) is 12.3 Å². The molecule has 1 aliphatic carbocycles. The summed E-state index contributed by atoms with van der Waals surface area (Å²) in [5.41, 5.74) is 1.45. The predicted octanol–water partition coefficient (Wildman–Crippen LogP) is 3.83. The molecule has 1 aliphatic heterocycles. The molecule has 0 bridgehead atoms. The Labute approximate surface area is 88.0 Å². The second kappa shape index (κ2) is 4.95. The maximum Gasteiger partial charge on any atom is 0.0388 e. The van der Waals surface area contributed by atoms with E-state index in [-0.39, 0.29) is 0 Å². The van der Waals surface area contributed by atoms with Crippen molar-refractivity contribution in [2.24, 2.45) is 16.8 Å². The molecule has 0 aromatic rings. The fraction of sp³-hybridized carbons (Fsp3) is 0.923. The van der Waals surface area contributed by atoms with Crippen molar-refractivity contribution in [1.82, 2.24) is 0 Å². The number of hydrogen-bond acceptors (Lipinski definition) is 1. The predicted molar refractivity (Wildman–Crippen MR) is 61.9 cm³/mol. The Balaban J connectivity index is 1.83. The lowest BCUT2D eigenvalue weighted by atomic mass is 10.1. The second-order valence-corrected chi connectivity index (χ2v) is 5.04. The maximum absolute atomic E-state index is 4.70. The summed E-state index contributed by atoms with van der Waals surface area (Å²) >= 11 is 0. The lowest BCUT2D eigenvalue weighted by molar-refractivity contribution is 0.554. The van der Waals surface area contributed by atoms with Gasteiger partial charge >= 0.3 is 0 Å². The van der Waals surface area contributed by atoms with E-state index in [1.165, 1.54) is 57.1 Å². The Morgan fingerprint density at radius 3 is 2.57 bits per heavy atom. The van der Waals surface area contributed by atoms with Crippen molar-refractivity contribution in [3.05, 3.63) is 0 Å². The first-order valence-corrected chi connectivity index (χ1v) is 6.39. The highest BCUT2D eigenvalue weighted by Crippen LogP contribution is 2.43. The van der Waals surface area contributed by atoms with Crippen LogP contribution in [0.2, 0.25) is 0 Å². The van der Waals surface area contributed by atoms with E-state index in [0.717, 1.165) is 18.4 Å². The molecule has 1 saturated carbocycles. The maximum atomic E-state index is 4.70. The van der Waals surface area contributed by atoms with Crippen LogP contribution >= 0.6 is 0 Å². The molecular weight excluding hydrogens is 170 g/mol. The Kier molecular flexibility index (Phi) is 3.61. The van der Waals surface area contributed by atoms with Crippen LogP contribution in [-0.4, -0.2) is 12.3 Å². The highest BCUT2D eigenvalue weighted by Gasteiger charge is 2.38. The van der Waals surface area contributed by atoms with Crippen LogP contribution in [-0.2, 0) is 0 Å². The number of hydrogen-bond donors (Lipinski definition) is 0. The zero-order chi connectivity index (χ0) is 9.80. The summed E-state index contributed by atoms with van der Waals surface area (Å²) in [6.45, 7) is 3.34. The van der Waals surface area contributed by atoms with E-state index in [1.54, 1.807) is 0 Å². The molecule has 1 heterocycles. The number of nitrogens with zero attached hydrogens (tertiary/aromatic N) is 1. The van der Waals surface area contributed by atoms with Crippen molar-refractivity contribution in [2.45, 2.75) is 58.3 Å². The van der Waals surface area contributed by atoms with Gasteiger partial charge in [-0.1, -0.05) is 32.1 Å². The first-order valence-electron chi connectivity index (χ1n) is 6.39. The van der Waals surface area contributed by atoms with Gasteiger partial charge in [0.2, 0.25) is 0 Å². The lowest BCUT2D eigenvalue weighted by Gasteiger charge is -2.05. The standard InChI is InChI=1S/C13H23N/c1-11-13-10-12(13)8-6-4-2-3-5-7-9-14-11/h12-13H,2-10H2,1H3/b14-11-. The summed E-state index contributed by atoms with van der Waals surface area (Å²) in [5, 5.41) is 0. The van der Waals surface area contributed by atoms with E-state index in [0.29, 0.717) is 0 Å². The van der Waals surface area contributed by atoms with Crippen molar-refractivity contribution in [2.75, 3.05) is 6.54 Å². The molecule has 0 saturated heterocycles. The zero-order valence-corrected chi connectivity index (χ0v) is 9.47. The third-order valence-corrected chi connectivity index (χ3v) is 3.80. The van der Waals surface area contributed by atoms with Crippen molar-refractivity contribution in [1.29, 1.82) is 0 Å². The molecule has 0 aromatic carbocycles. The number of rotatable bonds is 0. The minimum atomic E-state index is 0.884. The molecule has 0 amide bonds. The Hall–Kier alpha value is -0.330. The molecule has 0 aromatic heterocycles. The lowest BCUT2D eigenvalue weighted by Crippen LogP contribution is -2.00. The van der Waals surface area contributed by atoms with Gasteiger partial charge in [0.25, 0.3) is 0 Å². The molecule has 1 nitrogen and oxygen atoms in total. The molecule has 0 radical (unpaired) electrons. The van der Waals surface area contributed by atoms with Crippen LogP contribution in [0.15, 0.2) is 4.99 Å². The molecule has 0 spiro atoms. The van der Waals surface area contributed by atoms with Gasteiger partial charge < -0.3 is 0 Å². The summed E-state index contributed by atoms with van der Waals surface area (Å²) in [7, 11) is 0. The fourth-order valence-corrected chi connectivity index (χ4v) is 2.68. The van der Waals surface area contributed by atoms with E-state index in [2.05, 4.69) is 6.92 Å². The van der Waals surface area contributed by atoms with Crippen molar-refractivity contribution in [3.8, 4) is 0 Å². The van der Waals surface area contributed by atoms with E-state index in [9.17, 15) is 0 Å². The monoisotopic (exact) mass is 193 g/mol. The zero-order valence-electron chi connectivity index (χ0n) is 9.47. The van der Waals surface area contributed by atoms with Gasteiger partial charge in [-0.15, -0.1) is 0 Å². The summed E-state index contributed by atoms with van der Waals surface area (Å²) in [6, 6.07) is 0. The summed E-state index contributed by atoms with van der Waals surface area (Å²) in [4.78, 5) is 4.70. The summed E-state index contributed by atoms with van der Waals surface area (Å²) < 4.78 is 0. The average Bonchev–Trinajstić information content (AvgIpc) is 2.92. The highest BCUT2D eigenvalue weighted by molar-refractivity contribution is 5.86. The molecule has 2 rings (SSSR count). The first-order chi connectivity index (χ1) is 6.88. The second-order valence-electron chi connectivity index (χ2n) is 5.04.